The van der Waals surface area contributed by atoms with Gasteiger partial charge in [-0.05, 0) is 38.1 Å². The molecule has 5 rings (SSSR count). The fourth-order valence-corrected chi connectivity index (χ4v) is 4.71. The van der Waals surface area contributed by atoms with Crippen LogP contribution in [0.2, 0.25) is 0 Å². The van der Waals surface area contributed by atoms with Crippen molar-refractivity contribution in [3.8, 4) is 0 Å². The quantitative estimate of drug-likeness (QED) is 0.560. The predicted molar refractivity (Wildman–Crippen MR) is 130 cm³/mol. The zero-order chi connectivity index (χ0) is 24.5. The molecule has 4 heterocycles. The number of carbonyl (C=O) groups is 1. The largest absolute Gasteiger partial charge is 0.367 e. The van der Waals surface area contributed by atoms with E-state index in [2.05, 4.69) is 31.7 Å². The molecule has 0 spiro atoms. The third-order valence-corrected chi connectivity index (χ3v) is 6.74. The highest BCUT2D eigenvalue weighted by Crippen LogP contribution is 2.30. The minimum atomic E-state index is -0.968. The van der Waals surface area contributed by atoms with Crippen LogP contribution in [0.15, 0.2) is 37.3 Å². The summed E-state index contributed by atoms with van der Waals surface area (Å²) in [5.41, 5.74) is 1.37. The van der Waals surface area contributed by atoms with Crippen LogP contribution in [0.25, 0.3) is 11.2 Å². The monoisotopic (exact) mass is 482 g/mol. The van der Waals surface area contributed by atoms with Crippen LogP contribution in [-0.2, 0) is 4.79 Å². The van der Waals surface area contributed by atoms with E-state index in [0.717, 1.165) is 25.9 Å². The number of likely N-dealkylation sites (N-methyl/N-ethyl adjacent to an activating group) is 1. The standard InChI is InChI=1S/C24H28F2N8O/c1-3-20(35)33-8-4-5-16(14-33)34-15-28-18-13-27-24(30-23(18)34)29-17-6-7-19(22(26)21(17)25)32-11-9-31(2)10-12-32/h3,6-7,13,15-16H,1,4-5,8-12,14H2,2H3,(H,27,29,30). The lowest BCUT2D eigenvalue weighted by Crippen LogP contribution is -2.44. The van der Waals surface area contributed by atoms with Crippen LogP contribution in [0.3, 0.4) is 0 Å². The van der Waals surface area contributed by atoms with Gasteiger partial charge in [-0.25, -0.2) is 18.7 Å². The van der Waals surface area contributed by atoms with Crippen molar-refractivity contribution in [2.24, 2.45) is 0 Å². The van der Waals surface area contributed by atoms with Gasteiger partial charge in [0.25, 0.3) is 0 Å². The first-order valence-corrected chi connectivity index (χ1v) is 11.7. The van der Waals surface area contributed by atoms with Crippen molar-refractivity contribution in [3.63, 3.8) is 0 Å². The summed E-state index contributed by atoms with van der Waals surface area (Å²) in [5, 5.41) is 2.82. The minimum absolute atomic E-state index is 0.00236. The number of imidazole rings is 1. The summed E-state index contributed by atoms with van der Waals surface area (Å²) < 4.78 is 31.8. The molecule has 1 amide bonds. The maximum Gasteiger partial charge on any atom is 0.246 e. The van der Waals surface area contributed by atoms with E-state index in [1.807, 2.05) is 16.5 Å². The molecule has 2 fully saturated rings. The molecule has 0 aliphatic carbocycles. The van der Waals surface area contributed by atoms with Gasteiger partial charge < -0.3 is 24.6 Å². The second-order valence-corrected chi connectivity index (χ2v) is 9.01. The van der Waals surface area contributed by atoms with E-state index in [4.69, 9.17) is 0 Å². The van der Waals surface area contributed by atoms with Gasteiger partial charge in [-0.15, -0.1) is 0 Å². The van der Waals surface area contributed by atoms with Gasteiger partial charge in [-0.1, -0.05) is 6.58 Å². The number of fused-ring (bicyclic) bond motifs is 1. The lowest BCUT2D eigenvalue weighted by atomic mass is 10.1. The number of aromatic nitrogens is 4. The Kier molecular flexibility index (Phi) is 6.33. The molecule has 0 radical (unpaired) electrons. The minimum Gasteiger partial charge on any atom is -0.367 e. The Labute approximate surface area is 202 Å². The number of hydrogen-bond acceptors (Lipinski definition) is 7. The van der Waals surface area contributed by atoms with Crippen LogP contribution >= 0.6 is 0 Å². The number of piperazine rings is 1. The molecule has 0 saturated carbocycles. The molecule has 2 saturated heterocycles. The topological polar surface area (TPSA) is 82.4 Å². The molecule has 2 aliphatic heterocycles. The van der Waals surface area contributed by atoms with E-state index < -0.39 is 11.6 Å². The van der Waals surface area contributed by atoms with E-state index in [1.165, 1.54) is 12.1 Å². The zero-order valence-electron chi connectivity index (χ0n) is 19.6. The summed E-state index contributed by atoms with van der Waals surface area (Å²) in [6, 6.07) is 3.09. The maximum absolute atomic E-state index is 15.0. The molecule has 3 aromatic rings. The van der Waals surface area contributed by atoms with E-state index in [0.29, 0.717) is 37.3 Å². The first kappa shape index (κ1) is 23.2. The van der Waals surface area contributed by atoms with Crippen LogP contribution in [0, 0.1) is 11.6 Å². The first-order chi connectivity index (χ1) is 16.9. The summed E-state index contributed by atoms with van der Waals surface area (Å²) >= 11 is 0. The summed E-state index contributed by atoms with van der Waals surface area (Å²) in [7, 11) is 2.01. The second kappa shape index (κ2) is 9.57. The lowest BCUT2D eigenvalue weighted by molar-refractivity contribution is -0.127. The zero-order valence-corrected chi connectivity index (χ0v) is 19.6. The highest BCUT2D eigenvalue weighted by molar-refractivity contribution is 5.87. The number of amides is 1. The summed E-state index contributed by atoms with van der Waals surface area (Å²) in [4.78, 5) is 31.0. The number of nitrogens with one attached hydrogen (secondary N) is 1. The predicted octanol–water partition coefficient (Wildman–Crippen LogP) is 2.95. The molecule has 0 bridgehead atoms. The van der Waals surface area contributed by atoms with E-state index in [1.54, 1.807) is 23.5 Å². The fraction of sp³-hybridized carbons (Fsp3) is 0.417. The van der Waals surface area contributed by atoms with E-state index in [9.17, 15) is 13.6 Å². The molecule has 184 valence electrons. The van der Waals surface area contributed by atoms with Gasteiger partial charge in [0.05, 0.1) is 29.9 Å². The van der Waals surface area contributed by atoms with Gasteiger partial charge in [0.2, 0.25) is 11.9 Å². The number of halogens is 2. The molecule has 1 N–H and O–H groups in total. The van der Waals surface area contributed by atoms with Gasteiger partial charge in [0.15, 0.2) is 17.3 Å². The summed E-state index contributed by atoms with van der Waals surface area (Å²) in [6.07, 6.45) is 6.27. The Hall–Kier alpha value is -3.60. The molecule has 2 aliphatic rings. The van der Waals surface area contributed by atoms with E-state index in [-0.39, 0.29) is 29.3 Å². The van der Waals surface area contributed by atoms with Gasteiger partial charge in [-0.2, -0.15) is 4.98 Å². The number of benzene rings is 1. The smallest absolute Gasteiger partial charge is 0.246 e. The Bertz CT molecular complexity index is 1250. The third-order valence-electron chi connectivity index (χ3n) is 6.74. The Balaban J connectivity index is 1.38. The average Bonchev–Trinajstić information content (AvgIpc) is 3.30. The number of rotatable bonds is 5. The van der Waals surface area contributed by atoms with Crippen molar-refractivity contribution < 1.29 is 13.6 Å². The Morgan fingerprint density at radius 2 is 1.94 bits per heavy atom. The summed E-state index contributed by atoms with van der Waals surface area (Å²) in [6.45, 7) is 7.65. The van der Waals surface area contributed by atoms with Crippen LogP contribution in [0.4, 0.5) is 26.1 Å². The first-order valence-electron chi connectivity index (χ1n) is 11.7. The number of carbonyl (C=O) groups excluding carboxylic acids is 1. The van der Waals surface area contributed by atoms with Gasteiger partial charge in [0.1, 0.15) is 5.52 Å². The number of hydrogen-bond donors (Lipinski definition) is 1. The van der Waals surface area contributed by atoms with Crippen molar-refractivity contribution in [1.82, 2.24) is 29.3 Å². The van der Waals surface area contributed by atoms with Gasteiger partial charge >= 0.3 is 0 Å². The molecule has 1 unspecified atom stereocenters. The highest BCUT2D eigenvalue weighted by Gasteiger charge is 2.26. The Morgan fingerprint density at radius 3 is 2.71 bits per heavy atom. The average molecular weight is 483 g/mol. The maximum atomic E-state index is 15.0. The molecule has 9 nitrogen and oxygen atoms in total. The Morgan fingerprint density at radius 1 is 1.14 bits per heavy atom. The number of likely N-dealkylation sites (tertiary alicyclic amines) is 1. The second-order valence-electron chi connectivity index (χ2n) is 9.01. The SMILES string of the molecule is C=CC(=O)N1CCCC(n2cnc3cnc(Nc4ccc(N5CCN(C)CC5)c(F)c4F)nc32)C1. The van der Waals surface area contributed by atoms with Crippen molar-refractivity contribution >= 4 is 34.4 Å². The van der Waals surface area contributed by atoms with Crippen LogP contribution in [0.1, 0.15) is 18.9 Å². The highest BCUT2D eigenvalue weighted by atomic mass is 19.2. The number of nitrogens with zero attached hydrogens (tertiary/aromatic N) is 7. The molecule has 2 aromatic heterocycles. The summed E-state index contributed by atoms with van der Waals surface area (Å²) in [5.74, 6) is -1.82. The van der Waals surface area contributed by atoms with Crippen molar-refractivity contribution in [2.45, 2.75) is 18.9 Å². The van der Waals surface area contributed by atoms with Crippen molar-refractivity contribution in [1.29, 1.82) is 0 Å². The van der Waals surface area contributed by atoms with Crippen molar-refractivity contribution in [3.05, 3.63) is 48.9 Å². The van der Waals surface area contributed by atoms with Gasteiger partial charge in [0, 0.05) is 39.3 Å². The lowest BCUT2D eigenvalue weighted by Gasteiger charge is -2.34. The number of piperidine rings is 1. The van der Waals surface area contributed by atoms with Crippen LogP contribution < -0.4 is 10.2 Å². The molecule has 35 heavy (non-hydrogen) atoms. The number of anilines is 3. The van der Waals surface area contributed by atoms with Crippen LogP contribution in [-0.4, -0.2) is 81.5 Å². The molecule has 1 atom stereocenters. The molecular weight excluding hydrogens is 454 g/mol. The normalized spacial score (nSPS) is 19.2. The van der Waals surface area contributed by atoms with E-state index >= 15 is 0 Å². The van der Waals surface area contributed by atoms with Crippen LogP contribution in [0.5, 0.6) is 0 Å². The fourth-order valence-electron chi connectivity index (χ4n) is 4.71. The van der Waals surface area contributed by atoms with Gasteiger partial charge in [-0.3, -0.25) is 4.79 Å². The molecular formula is C24H28F2N8O. The molecule has 1 aromatic carbocycles. The third kappa shape index (κ3) is 4.55. The van der Waals surface area contributed by atoms with Crippen molar-refractivity contribution in [2.75, 3.05) is 56.5 Å². The molecule has 11 heteroatoms.